The molecule has 0 saturated heterocycles. The molecule has 2 heterocycles. The molecule has 1 amide bonds. The smallest absolute Gasteiger partial charge is 0.329 e. The standard InChI is InChI=1S/C32H39N7O6/c1-39-29(37-38-31(39)28-13-14-33-23-36-28)21-34-26-8-5-7-25(19-26)32(42)35-20-24-9-11-27(12-10-24)45-18-4-2-3-15-43-16-6-17-44-22-30(40)41/h5,7-14,19,23,34H,2-4,6,15-18,20-22H2,1H3,(H,35,42)(H,40,41). The van der Waals surface area contributed by atoms with Gasteiger partial charge in [-0.1, -0.05) is 18.2 Å². The zero-order valence-electron chi connectivity index (χ0n) is 25.4. The van der Waals surface area contributed by atoms with Gasteiger partial charge in [-0.2, -0.15) is 0 Å². The van der Waals surface area contributed by atoms with E-state index in [-0.39, 0.29) is 12.5 Å². The molecule has 0 atom stereocenters. The number of anilines is 1. The summed E-state index contributed by atoms with van der Waals surface area (Å²) in [5.41, 5.74) is 3.01. The Morgan fingerprint density at radius 2 is 1.69 bits per heavy atom. The molecule has 0 aliphatic rings. The topological polar surface area (TPSA) is 163 Å². The Labute approximate surface area is 262 Å². The van der Waals surface area contributed by atoms with E-state index in [9.17, 15) is 9.59 Å². The minimum absolute atomic E-state index is 0.167. The van der Waals surface area contributed by atoms with E-state index in [1.807, 2.05) is 48.0 Å². The number of nitrogens with zero attached hydrogens (tertiary/aromatic N) is 5. The first-order chi connectivity index (χ1) is 22.0. The Kier molecular flexibility index (Phi) is 13.2. The molecule has 13 heteroatoms. The highest BCUT2D eigenvalue weighted by Crippen LogP contribution is 2.17. The van der Waals surface area contributed by atoms with Gasteiger partial charge in [-0.25, -0.2) is 14.8 Å². The molecule has 0 unspecified atom stereocenters. The van der Waals surface area contributed by atoms with Gasteiger partial charge < -0.3 is 34.5 Å². The lowest BCUT2D eigenvalue weighted by molar-refractivity contribution is -0.142. The highest BCUT2D eigenvalue weighted by atomic mass is 16.5. The van der Waals surface area contributed by atoms with Crippen LogP contribution in [0.25, 0.3) is 11.5 Å². The Morgan fingerprint density at radius 3 is 2.49 bits per heavy atom. The Hall–Kier alpha value is -4.88. The highest BCUT2D eigenvalue weighted by molar-refractivity contribution is 5.95. The van der Waals surface area contributed by atoms with Gasteiger partial charge in [-0.15, -0.1) is 10.2 Å². The molecule has 45 heavy (non-hydrogen) atoms. The van der Waals surface area contributed by atoms with Crippen LogP contribution in [0.1, 0.15) is 47.4 Å². The van der Waals surface area contributed by atoms with Crippen LogP contribution in [0, 0.1) is 0 Å². The van der Waals surface area contributed by atoms with Crippen LogP contribution in [0.2, 0.25) is 0 Å². The number of rotatable bonds is 20. The van der Waals surface area contributed by atoms with Crippen LogP contribution < -0.4 is 15.4 Å². The van der Waals surface area contributed by atoms with Crippen molar-refractivity contribution in [2.24, 2.45) is 7.05 Å². The maximum atomic E-state index is 12.8. The van der Waals surface area contributed by atoms with Crippen LogP contribution in [0.4, 0.5) is 5.69 Å². The zero-order valence-corrected chi connectivity index (χ0v) is 25.4. The van der Waals surface area contributed by atoms with Gasteiger partial charge >= 0.3 is 5.97 Å². The molecule has 4 aromatic rings. The van der Waals surface area contributed by atoms with Crippen molar-refractivity contribution >= 4 is 17.6 Å². The normalized spacial score (nSPS) is 10.9. The number of ether oxygens (including phenoxy) is 3. The average molecular weight is 618 g/mol. The minimum Gasteiger partial charge on any atom is -0.494 e. The summed E-state index contributed by atoms with van der Waals surface area (Å²) < 4.78 is 18.2. The lowest BCUT2D eigenvalue weighted by Crippen LogP contribution is -2.22. The maximum Gasteiger partial charge on any atom is 0.329 e. The number of hydrogen-bond donors (Lipinski definition) is 3. The van der Waals surface area contributed by atoms with Crippen molar-refractivity contribution < 1.29 is 28.9 Å². The van der Waals surface area contributed by atoms with E-state index in [2.05, 4.69) is 30.8 Å². The molecule has 0 radical (unpaired) electrons. The molecular formula is C32H39N7O6. The molecule has 2 aromatic heterocycles. The number of aromatic nitrogens is 5. The Balaban J connectivity index is 1.10. The third-order valence-electron chi connectivity index (χ3n) is 6.73. The third-order valence-corrected chi connectivity index (χ3v) is 6.73. The molecule has 0 spiro atoms. The van der Waals surface area contributed by atoms with Gasteiger partial charge in [0.2, 0.25) is 0 Å². The summed E-state index contributed by atoms with van der Waals surface area (Å²) in [5, 5.41) is 23.3. The Morgan fingerprint density at radius 1 is 0.889 bits per heavy atom. The molecule has 0 bridgehead atoms. The van der Waals surface area contributed by atoms with Crippen LogP contribution >= 0.6 is 0 Å². The zero-order chi connectivity index (χ0) is 31.7. The number of carbonyl (C=O) groups excluding carboxylic acids is 1. The highest BCUT2D eigenvalue weighted by Gasteiger charge is 2.12. The van der Waals surface area contributed by atoms with Gasteiger partial charge in [-0.3, -0.25) is 4.79 Å². The third kappa shape index (κ3) is 11.3. The lowest BCUT2D eigenvalue weighted by atomic mass is 10.1. The fourth-order valence-corrected chi connectivity index (χ4v) is 4.30. The summed E-state index contributed by atoms with van der Waals surface area (Å²) in [6.07, 6.45) is 6.66. The molecule has 238 valence electrons. The number of carboxylic acid groups (broad SMARTS) is 1. The second-order valence-electron chi connectivity index (χ2n) is 10.2. The summed E-state index contributed by atoms with van der Waals surface area (Å²) in [6.45, 7) is 2.78. The molecule has 0 aliphatic carbocycles. The van der Waals surface area contributed by atoms with E-state index in [4.69, 9.17) is 19.3 Å². The summed E-state index contributed by atoms with van der Waals surface area (Å²) >= 11 is 0. The molecule has 0 saturated carbocycles. The number of carboxylic acids is 1. The van der Waals surface area contributed by atoms with Crippen molar-refractivity contribution in [1.29, 1.82) is 0 Å². The van der Waals surface area contributed by atoms with Crippen LogP contribution in [0.5, 0.6) is 5.75 Å². The SMILES string of the molecule is Cn1c(CNc2cccc(C(=O)NCc3ccc(OCCCCCOCCCOCC(=O)O)cc3)c2)nnc1-c1ccncn1. The molecule has 2 aromatic carbocycles. The second-order valence-corrected chi connectivity index (χ2v) is 10.2. The van der Waals surface area contributed by atoms with Crippen molar-refractivity contribution in [2.75, 3.05) is 38.4 Å². The summed E-state index contributed by atoms with van der Waals surface area (Å²) in [5.74, 6) is 1.03. The monoisotopic (exact) mass is 617 g/mol. The van der Waals surface area contributed by atoms with Crippen molar-refractivity contribution in [3.63, 3.8) is 0 Å². The van der Waals surface area contributed by atoms with Crippen LogP contribution in [-0.4, -0.2) is 74.7 Å². The van der Waals surface area contributed by atoms with Crippen LogP contribution in [0.3, 0.4) is 0 Å². The quantitative estimate of drug-likeness (QED) is 0.123. The minimum atomic E-state index is -0.961. The van der Waals surface area contributed by atoms with Crippen molar-refractivity contribution in [3.8, 4) is 17.3 Å². The molecule has 4 rings (SSSR count). The van der Waals surface area contributed by atoms with E-state index in [1.165, 1.54) is 6.33 Å². The number of aliphatic carboxylic acids is 1. The van der Waals surface area contributed by atoms with E-state index in [0.717, 1.165) is 42.1 Å². The maximum absolute atomic E-state index is 12.8. The van der Waals surface area contributed by atoms with E-state index in [1.54, 1.807) is 24.4 Å². The first kappa shape index (κ1) is 33.0. The summed E-state index contributed by atoms with van der Waals surface area (Å²) in [4.78, 5) is 31.4. The van der Waals surface area contributed by atoms with Crippen LogP contribution in [-0.2, 0) is 34.4 Å². The summed E-state index contributed by atoms with van der Waals surface area (Å²) in [6, 6.07) is 16.8. The number of carbonyl (C=O) groups is 2. The van der Waals surface area contributed by atoms with Gasteiger partial charge in [-0.05, 0) is 67.6 Å². The van der Waals surface area contributed by atoms with Crippen LogP contribution in [0.15, 0.2) is 67.1 Å². The fraction of sp³-hybridized carbons (Fsp3) is 0.375. The lowest BCUT2D eigenvalue weighted by Gasteiger charge is -2.10. The number of hydrogen-bond acceptors (Lipinski definition) is 10. The number of nitrogens with one attached hydrogen (secondary N) is 2. The fourth-order valence-electron chi connectivity index (χ4n) is 4.30. The predicted octanol–water partition coefficient (Wildman–Crippen LogP) is 3.87. The number of benzene rings is 2. The molecule has 0 fully saturated rings. The van der Waals surface area contributed by atoms with E-state index < -0.39 is 5.97 Å². The largest absolute Gasteiger partial charge is 0.494 e. The van der Waals surface area contributed by atoms with Gasteiger partial charge in [0.05, 0.1) is 13.2 Å². The van der Waals surface area contributed by atoms with Gasteiger partial charge in [0, 0.05) is 50.9 Å². The number of amides is 1. The number of unbranched alkanes of at least 4 members (excludes halogenated alkanes) is 2. The van der Waals surface area contributed by atoms with E-state index in [0.29, 0.717) is 63.0 Å². The van der Waals surface area contributed by atoms with Crippen molar-refractivity contribution in [2.45, 2.75) is 38.8 Å². The van der Waals surface area contributed by atoms with E-state index >= 15 is 0 Å². The molecule has 13 nitrogen and oxygen atoms in total. The van der Waals surface area contributed by atoms with Gasteiger partial charge in [0.15, 0.2) is 11.6 Å². The predicted molar refractivity (Wildman–Crippen MR) is 167 cm³/mol. The Bertz CT molecular complexity index is 1480. The molecule has 0 aliphatic heterocycles. The molecule has 3 N–H and O–H groups in total. The van der Waals surface area contributed by atoms with Crippen molar-refractivity contribution in [1.82, 2.24) is 30.0 Å². The second kappa shape index (κ2) is 18.0. The first-order valence-electron chi connectivity index (χ1n) is 14.9. The van der Waals surface area contributed by atoms with Gasteiger partial charge in [0.1, 0.15) is 24.4 Å². The first-order valence-corrected chi connectivity index (χ1v) is 14.9. The average Bonchev–Trinajstić information content (AvgIpc) is 3.43. The summed E-state index contributed by atoms with van der Waals surface area (Å²) in [7, 11) is 1.88. The van der Waals surface area contributed by atoms with Crippen molar-refractivity contribution in [3.05, 3.63) is 84.1 Å². The molecular weight excluding hydrogens is 578 g/mol. The van der Waals surface area contributed by atoms with Gasteiger partial charge in [0.25, 0.3) is 5.91 Å².